The van der Waals surface area contributed by atoms with E-state index in [1.54, 1.807) is 30.3 Å². The average molecular weight is 469 g/mol. The molecule has 0 saturated carbocycles. The average Bonchev–Trinajstić information content (AvgIpc) is 2.66. The highest BCUT2D eigenvalue weighted by Crippen LogP contribution is 2.32. The molecule has 0 fully saturated rings. The van der Waals surface area contributed by atoms with Crippen molar-refractivity contribution in [2.75, 3.05) is 31.7 Å². The Kier molecular flexibility index (Phi) is 6.16. The zero-order valence-corrected chi connectivity index (χ0v) is 15.9. The number of esters is 1. The van der Waals surface area contributed by atoms with Crippen LogP contribution in [0.2, 0.25) is 0 Å². The molecule has 7 nitrogen and oxygen atoms in total. The SMILES string of the molecule is O=C(COC(=O)COc1ccc(I)cc1)Nc1ccc2c(c1)OCCO2. The minimum absolute atomic E-state index is 0.266. The molecule has 0 bridgehead atoms. The van der Waals surface area contributed by atoms with E-state index in [4.69, 9.17) is 18.9 Å². The Morgan fingerprint density at radius 1 is 1.00 bits per heavy atom. The van der Waals surface area contributed by atoms with Crippen molar-refractivity contribution in [3.8, 4) is 17.2 Å². The molecule has 0 aliphatic carbocycles. The molecule has 136 valence electrons. The number of rotatable bonds is 6. The second-order valence-electron chi connectivity index (χ2n) is 5.31. The van der Waals surface area contributed by atoms with Gasteiger partial charge in [0, 0.05) is 15.3 Å². The molecular formula is C18H16INO6. The third-order valence-electron chi connectivity index (χ3n) is 3.36. The number of halogens is 1. The fourth-order valence-corrected chi connectivity index (χ4v) is 2.54. The van der Waals surface area contributed by atoms with E-state index in [1.165, 1.54) is 0 Å². The van der Waals surface area contributed by atoms with Crippen molar-refractivity contribution in [2.45, 2.75) is 0 Å². The summed E-state index contributed by atoms with van der Waals surface area (Å²) in [4.78, 5) is 23.6. The minimum Gasteiger partial charge on any atom is -0.486 e. The monoisotopic (exact) mass is 469 g/mol. The molecular weight excluding hydrogens is 453 g/mol. The number of anilines is 1. The fourth-order valence-electron chi connectivity index (χ4n) is 2.18. The summed E-state index contributed by atoms with van der Waals surface area (Å²) in [5.74, 6) is 0.679. The second kappa shape index (κ2) is 8.75. The molecule has 1 amide bonds. The van der Waals surface area contributed by atoms with Crippen LogP contribution in [0.3, 0.4) is 0 Å². The first-order valence-corrected chi connectivity index (χ1v) is 8.91. The lowest BCUT2D eigenvalue weighted by molar-refractivity contribution is -0.149. The lowest BCUT2D eigenvalue weighted by Gasteiger charge is -2.19. The number of fused-ring (bicyclic) bond motifs is 1. The van der Waals surface area contributed by atoms with Crippen LogP contribution in [0, 0.1) is 3.57 Å². The fraction of sp³-hybridized carbons (Fsp3) is 0.222. The highest BCUT2D eigenvalue weighted by molar-refractivity contribution is 14.1. The Labute approximate surface area is 163 Å². The molecule has 26 heavy (non-hydrogen) atoms. The standard InChI is InChI=1S/C18H16INO6/c19-12-1-4-14(5-2-12)25-11-18(22)26-10-17(21)20-13-3-6-15-16(9-13)24-8-7-23-15/h1-6,9H,7-8,10-11H2,(H,20,21). The van der Waals surface area contributed by atoms with Crippen molar-refractivity contribution < 1.29 is 28.5 Å². The van der Waals surface area contributed by atoms with Gasteiger partial charge in [-0.15, -0.1) is 0 Å². The van der Waals surface area contributed by atoms with Gasteiger partial charge in [0.2, 0.25) is 0 Å². The van der Waals surface area contributed by atoms with E-state index in [2.05, 4.69) is 27.9 Å². The van der Waals surface area contributed by atoms with Gasteiger partial charge in [0.1, 0.15) is 19.0 Å². The zero-order chi connectivity index (χ0) is 18.4. The van der Waals surface area contributed by atoms with Crippen molar-refractivity contribution in [3.05, 3.63) is 46.0 Å². The topological polar surface area (TPSA) is 83.1 Å². The zero-order valence-electron chi connectivity index (χ0n) is 13.7. The molecule has 0 atom stereocenters. The smallest absolute Gasteiger partial charge is 0.344 e. The van der Waals surface area contributed by atoms with E-state index in [1.807, 2.05) is 12.1 Å². The number of nitrogens with one attached hydrogen (secondary N) is 1. The molecule has 1 heterocycles. The van der Waals surface area contributed by atoms with Crippen LogP contribution in [0.5, 0.6) is 17.2 Å². The number of carbonyl (C=O) groups is 2. The molecule has 1 N–H and O–H groups in total. The maximum atomic E-state index is 11.9. The number of benzene rings is 2. The Bertz CT molecular complexity index is 793. The summed E-state index contributed by atoms with van der Waals surface area (Å²) in [6.45, 7) is 0.294. The Balaban J connectivity index is 1.42. The van der Waals surface area contributed by atoms with Crippen molar-refractivity contribution in [1.29, 1.82) is 0 Å². The molecule has 0 spiro atoms. The van der Waals surface area contributed by atoms with Gasteiger partial charge in [0.25, 0.3) is 5.91 Å². The summed E-state index contributed by atoms with van der Waals surface area (Å²) in [5, 5.41) is 2.63. The highest BCUT2D eigenvalue weighted by Gasteiger charge is 2.14. The van der Waals surface area contributed by atoms with Crippen LogP contribution in [0.4, 0.5) is 5.69 Å². The number of hydrogen-bond donors (Lipinski definition) is 1. The van der Waals surface area contributed by atoms with Crippen LogP contribution < -0.4 is 19.5 Å². The van der Waals surface area contributed by atoms with Crippen molar-refractivity contribution >= 4 is 40.2 Å². The predicted molar refractivity (Wildman–Crippen MR) is 102 cm³/mol. The number of hydrogen-bond acceptors (Lipinski definition) is 6. The van der Waals surface area contributed by atoms with E-state index in [0.29, 0.717) is 36.1 Å². The van der Waals surface area contributed by atoms with Crippen LogP contribution in [-0.4, -0.2) is 38.3 Å². The first-order valence-electron chi connectivity index (χ1n) is 7.83. The summed E-state index contributed by atoms with van der Waals surface area (Å²) < 4.78 is 22.1. The quantitative estimate of drug-likeness (QED) is 0.518. The van der Waals surface area contributed by atoms with E-state index >= 15 is 0 Å². The number of amides is 1. The third-order valence-corrected chi connectivity index (χ3v) is 4.08. The maximum absolute atomic E-state index is 11.9. The third kappa shape index (κ3) is 5.25. The Morgan fingerprint density at radius 2 is 1.73 bits per heavy atom. The van der Waals surface area contributed by atoms with Crippen molar-refractivity contribution in [2.24, 2.45) is 0 Å². The van der Waals surface area contributed by atoms with Gasteiger partial charge < -0.3 is 24.3 Å². The van der Waals surface area contributed by atoms with Crippen molar-refractivity contribution in [1.82, 2.24) is 0 Å². The molecule has 2 aromatic carbocycles. The molecule has 2 aromatic rings. The lowest BCUT2D eigenvalue weighted by Crippen LogP contribution is -2.23. The Morgan fingerprint density at radius 3 is 2.50 bits per heavy atom. The van der Waals surface area contributed by atoms with E-state index < -0.39 is 18.5 Å². The van der Waals surface area contributed by atoms with E-state index in [9.17, 15) is 9.59 Å². The molecule has 0 saturated heterocycles. The first kappa shape index (κ1) is 18.3. The first-order chi connectivity index (χ1) is 12.6. The molecule has 1 aliphatic heterocycles. The summed E-state index contributed by atoms with van der Waals surface area (Å²) in [6.07, 6.45) is 0. The van der Waals surface area contributed by atoms with Crippen LogP contribution in [0.15, 0.2) is 42.5 Å². The summed E-state index contributed by atoms with van der Waals surface area (Å²) >= 11 is 2.17. The van der Waals surface area contributed by atoms with Gasteiger partial charge in [-0.2, -0.15) is 0 Å². The molecule has 0 radical (unpaired) electrons. The van der Waals surface area contributed by atoms with Gasteiger partial charge in [-0.1, -0.05) is 0 Å². The predicted octanol–water partition coefficient (Wildman–Crippen LogP) is 2.62. The number of ether oxygens (including phenoxy) is 4. The molecule has 0 unspecified atom stereocenters. The summed E-state index contributed by atoms with van der Waals surface area (Å²) in [7, 11) is 0. The second-order valence-corrected chi connectivity index (χ2v) is 6.56. The van der Waals surface area contributed by atoms with Gasteiger partial charge in [-0.3, -0.25) is 4.79 Å². The van der Waals surface area contributed by atoms with Gasteiger partial charge in [0.05, 0.1) is 0 Å². The largest absolute Gasteiger partial charge is 0.486 e. The van der Waals surface area contributed by atoms with Crippen LogP contribution >= 0.6 is 22.6 Å². The molecule has 3 rings (SSSR count). The van der Waals surface area contributed by atoms with Crippen LogP contribution in [-0.2, 0) is 14.3 Å². The van der Waals surface area contributed by atoms with Crippen LogP contribution in [0.1, 0.15) is 0 Å². The lowest BCUT2D eigenvalue weighted by atomic mass is 10.2. The van der Waals surface area contributed by atoms with E-state index in [0.717, 1.165) is 3.57 Å². The summed E-state index contributed by atoms with van der Waals surface area (Å²) in [5.41, 5.74) is 0.533. The Hall–Kier alpha value is -2.49. The summed E-state index contributed by atoms with van der Waals surface area (Å²) in [6, 6.07) is 12.3. The normalized spacial score (nSPS) is 12.2. The minimum atomic E-state index is -0.624. The van der Waals surface area contributed by atoms with Gasteiger partial charge >= 0.3 is 5.97 Å². The van der Waals surface area contributed by atoms with Gasteiger partial charge in [-0.25, -0.2) is 4.79 Å². The molecule has 8 heteroatoms. The molecule has 0 aromatic heterocycles. The van der Waals surface area contributed by atoms with Crippen molar-refractivity contribution in [3.63, 3.8) is 0 Å². The van der Waals surface area contributed by atoms with Gasteiger partial charge in [-0.05, 0) is 59.0 Å². The van der Waals surface area contributed by atoms with E-state index in [-0.39, 0.29) is 6.61 Å². The number of carbonyl (C=O) groups excluding carboxylic acids is 2. The maximum Gasteiger partial charge on any atom is 0.344 e. The van der Waals surface area contributed by atoms with Gasteiger partial charge in [0.15, 0.2) is 24.7 Å². The van der Waals surface area contributed by atoms with Crippen LogP contribution in [0.25, 0.3) is 0 Å². The molecule has 1 aliphatic rings. The highest BCUT2D eigenvalue weighted by atomic mass is 127.